The number of benzene rings is 2. The van der Waals surface area contributed by atoms with E-state index in [-0.39, 0.29) is 12.5 Å². The van der Waals surface area contributed by atoms with E-state index >= 15 is 0 Å². The molecule has 1 saturated heterocycles. The highest BCUT2D eigenvalue weighted by Gasteiger charge is 2.30. The van der Waals surface area contributed by atoms with E-state index in [4.69, 9.17) is 11.5 Å². The minimum absolute atomic E-state index is 0.0187. The Balaban J connectivity index is 1.43. The maximum absolute atomic E-state index is 13.3. The fraction of sp³-hybridized carbons (Fsp3) is 0.393. The molecule has 2 amide bonds. The average molecular weight is 543 g/mol. The maximum atomic E-state index is 13.3. The molecule has 0 radical (unpaired) electrons. The van der Waals surface area contributed by atoms with E-state index in [1.54, 1.807) is 6.07 Å². The van der Waals surface area contributed by atoms with E-state index in [0.717, 1.165) is 49.1 Å². The molecule has 0 spiro atoms. The second kappa shape index (κ2) is 12.5. The number of anilines is 1. The van der Waals surface area contributed by atoms with Crippen molar-refractivity contribution >= 4 is 28.4 Å². The number of nitrogens with two attached hydrogens (primary N) is 2. The molecule has 0 saturated carbocycles. The maximum Gasteiger partial charge on any atom is 0.416 e. The third-order valence-electron chi connectivity index (χ3n) is 6.85. The molecule has 1 aromatic heterocycles. The van der Waals surface area contributed by atoms with E-state index < -0.39 is 35.6 Å². The third kappa shape index (κ3) is 7.98. The van der Waals surface area contributed by atoms with Crippen molar-refractivity contribution in [1.29, 1.82) is 0 Å². The van der Waals surface area contributed by atoms with Crippen molar-refractivity contribution in [3.05, 3.63) is 71.9 Å². The number of carbonyl (C=O) groups excluding carboxylic acids is 2. The Hall–Kier alpha value is -3.54. The Labute approximate surface area is 224 Å². The van der Waals surface area contributed by atoms with Gasteiger partial charge in [0, 0.05) is 24.4 Å². The smallest absolute Gasteiger partial charge is 0.343 e. The van der Waals surface area contributed by atoms with Crippen molar-refractivity contribution in [1.82, 2.24) is 15.2 Å². The molecule has 0 aliphatic carbocycles. The summed E-state index contributed by atoms with van der Waals surface area (Å²) in [4.78, 5) is 32.8. The average Bonchev–Trinajstić information content (AvgIpc) is 3.32. The number of fused-ring (bicyclic) bond motifs is 1. The molecule has 0 bridgehead atoms. The summed E-state index contributed by atoms with van der Waals surface area (Å²) >= 11 is 0. The molecule has 39 heavy (non-hydrogen) atoms. The number of likely N-dealkylation sites (tertiary alicyclic amines) is 1. The van der Waals surface area contributed by atoms with E-state index in [1.807, 2.05) is 24.3 Å². The number of para-hydroxylation sites is 1. The SMILES string of the molecule is NC1CCN(CCCC(N)C(=O)NC(Cc2ccc(C(F)(F)F)cc2)C(=O)Nc2cnc3ccccc3c2)C1. The van der Waals surface area contributed by atoms with Crippen LogP contribution in [0.4, 0.5) is 18.9 Å². The summed E-state index contributed by atoms with van der Waals surface area (Å²) in [6, 6.07) is 11.9. The summed E-state index contributed by atoms with van der Waals surface area (Å²) in [6.07, 6.45) is -0.928. The molecule has 4 rings (SSSR count). The van der Waals surface area contributed by atoms with Crippen LogP contribution in [-0.2, 0) is 22.2 Å². The molecule has 3 unspecified atom stereocenters. The normalized spacial score (nSPS) is 17.6. The lowest BCUT2D eigenvalue weighted by atomic mass is 10.0. The molecular formula is C28H33F3N6O2. The quantitative estimate of drug-likeness (QED) is 0.312. The summed E-state index contributed by atoms with van der Waals surface area (Å²) < 4.78 is 39.0. The molecule has 6 N–H and O–H groups in total. The van der Waals surface area contributed by atoms with Gasteiger partial charge in [0.05, 0.1) is 29.0 Å². The van der Waals surface area contributed by atoms with Gasteiger partial charge in [-0.25, -0.2) is 0 Å². The zero-order chi connectivity index (χ0) is 28.0. The fourth-order valence-corrected chi connectivity index (χ4v) is 4.65. The number of alkyl halides is 3. The van der Waals surface area contributed by atoms with Crippen LogP contribution < -0.4 is 22.1 Å². The molecule has 8 nitrogen and oxygen atoms in total. The van der Waals surface area contributed by atoms with Crippen LogP contribution in [0.5, 0.6) is 0 Å². The lowest BCUT2D eigenvalue weighted by molar-refractivity contribution is -0.137. The third-order valence-corrected chi connectivity index (χ3v) is 6.85. The Kier molecular flexibility index (Phi) is 9.16. The lowest BCUT2D eigenvalue weighted by Gasteiger charge is -2.22. The van der Waals surface area contributed by atoms with Gasteiger partial charge in [0.2, 0.25) is 11.8 Å². The predicted molar refractivity (Wildman–Crippen MR) is 144 cm³/mol. The minimum atomic E-state index is -4.47. The fourth-order valence-electron chi connectivity index (χ4n) is 4.65. The van der Waals surface area contributed by atoms with Crippen LogP contribution >= 0.6 is 0 Å². The molecule has 2 heterocycles. The van der Waals surface area contributed by atoms with Crippen molar-refractivity contribution in [3.63, 3.8) is 0 Å². The monoisotopic (exact) mass is 542 g/mol. The Morgan fingerprint density at radius 3 is 2.54 bits per heavy atom. The standard InChI is InChI=1S/C28H33F3N6O2/c29-28(30,31)20-9-7-18(8-10-20)14-25(27(39)35-22-15-19-4-1-2-6-24(19)34-16-22)36-26(38)23(33)5-3-12-37-13-11-21(32)17-37/h1-2,4,6-10,15-16,21,23,25H,3,5,11-14,17,32-33H2,(H,35,39)(H,36,38). The number of hydrogen-bond donors (Lipinski definition) is 4. The van der Waals surface area contributed by atoms with Crippen molar-refractivity contribution in [2.24, 2.45) is 11.5 Å². The van der Waals surface area contributed by atoms with Crippen LogP contribution in [0.1, 0.15) is 30.4 Å². The molecular weight excluding hydrogens is 509 g/mol. The number of amides is 2. The van der Waals surface area contributed by atoms with Gasteiger partial charge >= 0.3 is 6.18 Å². The molecule has 1 aliphatic rings. The van der Waals surface area contributed by atoms with Crippen molar-refractivity contribution in [3.8, 4) is 0 Å². The second-order valence-corrected chi connectivity index (χ2v) is 9.96. The number of aromatic nitrogens is 1. The first-order valence-electron chi connectivity index (χ1n) is 12.9. The first kappa shape index (κ1) is 28.5. The van der Waals surface area contributed by atoms with Gasteiger partial charge in [-0.2, -0.15) is 13.2 Å². The first-order chi connectivity index (χ1) is 18.6. The number of halogens is 3. The largest absolute Gasteiger partial charge is 0.416 e. The van der Waals surface area contributed by atoms with Gasteiger partial charge < -0.3 is 27.0 Å². The van der Waals surface area contributed by atoms with Crippen molar-refractivity contribution in [2.45, 2.75) is 50.0 Å². The van der Waals surface area contributed by atoms with Gasteiger partial charge in [-0.15, -0.1) is 0 Å². The summed E-state index contributed by atoms with van der Waals surface area (Å²) in [6.45, 7) is 2.52. The highest BCUT2D eigenvalue weighted by molar-refractivity contribution is 5.99. The molecule has 208 valence electrons. The number of pyridine rings is 1. The second-order valence-electron chi connectivity index (χ2n) is 9.96. The molecule has 1 fully saturated rings. The number of nitrogens with zero attached hydrogens (tertiary/aromatic N) is 2. The van der Waals surface area contributed by atoms with Crippen LogP contribution in [0.2, 0.25) is 0 Å². The Morgan fingerprint density at radius 1 is 1.10 bits per heavy atom. The zero-order valence-electron chi connectivity index (χ0n) is 21.5. The Bertz CT molecular complexity index is 1280. The van der Waals surface area contributed by atoms with Gasteiger partial charge in [-0.1, -0.05) is 30.3 Å². The van der Waals surface area contributed by atoms with Crippen molar-refractivity contribution in [2.75, 3.05) is 25.0 Å². The summed E-state index contributed by atoms with van der Waals surface area (Å²) in [5, 5.41) is 6.28. The summed E-state index contributed by atoms with van der Waals surface area (Å²) in [5.74, 6) is -1.03. The van der Waals surface area contributed by atoms with Crippen LogP contribution in [-0.4, -0.2) is 59.5 Å². The molecule has 3 aromatic rings. The number of carbonyl (C=O) groups is 2. The summed E-state index contributed by atoms with van der Waals surface area (Å²) in [7, 11) is 0. The van der Waals surface area contributed by atoms with Crippen LogP contribution in [0, 0.1) is 0 Å². The van der Waals surface area contributed by atoms with Crippen LogP contribution in [0.3, 0.4) is 0 Å². The predicted octanol–water partition coefficient (Wildman–Crippen LogP) is 3.06. The minimum Gasteiger partial charge on any atom is -0.343 e. The lowest BCUT2D eigenvalue weighted by Crippen LogP contribution is -2.51. The van der Waals surface area contributed by atoms with E-state index in [1.165, 1.54) is 18.3 Å². The Morgan fingerprint density at radius 2 is 1.85 bits per heavy atom. The summed E-state index contributed by atoms with van der Waals surface area (Å²) in [5.41, 5.74) is 12.9. The molecule has 2 aromatic carbocycles. The van der Waals surface area contributed by atoms with E-state index in [9.17, 15) is 22.8 Å². The highest BCUT2D eigenvalue weighted by Crippen LogP contribution is 2.29. The number of hydrogen-bond acceptors (Lipinski definition) is 6. The van der Waals surface area contributed by atoms with Crippen LogP contribution in [0.15, 0.2) is 60.8 Å². The molecule has 11 heteroatoms. The van der Waals surface area contributed by atoms with Crippen molar-refractivity contribution < 1.29 is 22.8 Å². The van der Waals surface area contributed by atoms with Gasteiger partial charge in [0.1, 0.15) is 6.04 Å². The van der Waals surface area contributed by atoms with E-state index in [2.05, 4.69) is 20.5 Å². The van der Waals surface area contributed by atoms with Gasteiger partial charge in [0.25, 0.3) is 0 Å². The molecule has 1 aliphatic heterocycles. The van der Waals surface area contributed by atoms with Gasteiger partial charge in [-0.3, -0.25) is 14.6 Å². The molecule has 3 atom stereocenters. The number of rotatable bonds is 10. The highest BCUT2D eigenvalue weighted by atomic mass is 19.4. The van der Waals surface area contributed by atoms with Gasteiger partial charge in [-0.05, 0) is 62.2 Å². The zero-order valence-corrected chi connectivity index (χ0v) is 21.5. The number of nitrogens with one attached hydrogen (secondary N) is 2. The van der Waals surface area contributed by atoms with E-state index in [0.29, 0.717) is 24.1 Å². The first-order valence-corrected chi connectivity index (χ1v) is 12.9. The topological polar surface area (TPSA) is 126 Å². The van der Waals surface area contributed by atoms with Gasteiger partial charge in [0.15, 0.2) is 0 Å². The van der Waals surface area contributed by atoms with Crippen LogP contribution in [0.25, 0.3) is 10.9 Å².